The first-order valence-electron chi connectivity index (χ1n) is 6.20. The summed E-state index contributed by atoms with van der Waals surface area (Å²) in [5, 5.41) is 9.48. The van der Waals surface area contributed by atoms with Gasteiger partial charge in [0.15, 0.2) is 12.4 Å². The predicted molar refractivity (Wildman–Crippen MR) is 76.1 cm³/mol. The van der Waals surface area contributed by atoms with E-state index in [2.05, 4.69) is 9.97 Å². The first kappa shape index (κ1) is 12.1. The van der Waals surface area contributed by atoms with Crippen molar-refractivity contribution in [3.63, 3.8) is 0 Å². The topological polar surface area (TPSA) is 58.8 Å². The Morgan fingerprint density at radius 1 is 0.950 bits per heavy atom. The van der Waals surface area contributed by atoms with Crippen LogP contribution in [0.1, 0.15) is 0 Å². The van der Waals surface area contributed by atoms with Gasteiger partial charge in [-0.15, -0.1) is 0 Å². The van der Waals surface area contributed by atoms with Crippen molar-refractivity contribution in [3.8, 4) is 23.3 Å². The fourth-order valence-corrected chi connectivity index (χ4v) is 1.97. The van der Waals surface area contributed by atoms with Gasteiger partial charge in [-0.05, 0) is 12.1 Å². The van der Waals surface area contributed by atoms with E-state index in [0.29, 0.717) is 11.7 Å². The van der Waals surface area contributed by atoms with Crippen molar-refractivity contribution in [2.75, 3.05) is 6.61 Å². The Bertz CT molecular complexity index is 779. The Balaban J connectivity index is 2.17. The second-order valence-corrected chi connectivity index (χ2v) is 4.18. The third-order valence-electron chi connectivity index (χ3n) is 2.87. The third kappa shape index (κ3) is 2.29. The fraction of sp³-hybridized carbons (Fsp3) is 0.0625. The highest BCUT2D eigenvalue weighted by molar-refractivity contribution is 5.85. The number of aromatic nitrogens is 2. The normalized spacial score (nSPS) is 10.2. The van der Waals surface area contributed by atoms with E-state index in [1.54, 1.807) is 0 Å². The molecule has 4 heteroatoms. The summed E-state index contributed by atoms with van der Waals surface area (Å²) in [5.41, 5.74) is 1.72. The van der Waals surface area contributed by atoms with E-state index in [1.807, 2.05) is 60.7 Å². The van der Waals surface area contributed by atoms with Gasteiger partial charge in [-0.25, -0.2) is 4.98 Å². The van der Waals surface area contributed by atoms with Crippen LogP contribution in [0.15, 0.2) is 54.6 Å². The highest BCUT2D eigenvalue weighted by atomic mass is 16.5. The molecule has 1 aromatic heterocycles. The third-order valence-corrected chi connectivity index (χ3v) is 2.87. The van der Waals surface area contributed by atoms with Gasteiger partial charge in [0.1, 0.15) is 6.07 Å². The maximum absolute atomic E-state index is 8.67. The summed E-state index contributed by atoms with van der Waals surface area (Å²) in [6, 6.07) is 19.3. The molecule has 0 aliphatic carbocycles. The zero-order valence-corrected chi connectivity index (χ0v) is 10.7. The highest BCUT2D eigenvalue weighted by Crippen LogP contribution is 2.26. The number of ether oxygens (including phenoxy) is 1. The van der Waals surface area contributed by atoms with Gasteiger partial charge < -0.3 is 4.74 Å². The highest BCUT2D eigenvalue weighted by Gasteiger charge is 2.09. The summed E-state index contributed by atoms with van der Waals surface area (Å²) in [4.78, 5) is 8.96. The zero-order chi connectivity index (χ0) is 13.8. The minimum atomic E-state index is -0.0325. The van der Waals surface area contributed by atoms with Crippen LogP contribution in [0, 0.1) is 11.3 Å². The molecule has 0 radical (unpaired) electrons. The van der Waals surface area contributed by atoms with Gasteiger partial charge >= 0.3 is 0 Å². The largest absolute Gasteiger partial charge is 0.462 e. The van der Waals surface area contributed by atoms with Gasteiger partial charge in [-0.3, -0.25) is 0 Å². The molecule has 0 spiro atoms. The number of benzene rings is 2. The lowest BCUT2D eigenvalue weighted by atomic mass is 10.2. The molecule has 0 aliphatic rings. The molecule has 1 heterocycles. The summed E-state index contributed by atoms with van der Waals surface area (Å²) in [6.45, 7) is -0.0325. The zero-order valence-electron chi connectivity index (χ0n) is 10.7. The van der Waals surface area contributed by atoms with E-state index >= 15 is 0 Å². The second kappa shape index (κ2) is 5.37. The van der Waals surface area contributed by atoms with E-state index < -0.39 is 0 Å². The quantitative estimate of drug-likeness (QED) is 0.726. The van der Waals surface area contributed by atoms with Crippen LogP contribution in [0.2, 0.25) is 0 Å². The van der Waals surface area contributed by atoms with E-state index in [-0.39, 0.29) is 6.61 Å². The molecule has 4 nitrogen and oxygen atoms in total. The van der Waals surface area contributed by atoms with Gasteiger partial charge in [-0.1, -0.05) is 42.5 Å². The summed E-state index contributed by atoms with van der Waals surface area (Å²) in [6.07, 6.45) is 0. The van der Waals surface area contributed by atoms with Crippen LogP contribution in [0.5, 0.6) is 5.88 Å². The minimum absolute atomic E-state index is 0.0325. The molecule has 0 N–H and O–H groups in total. The SMILES string of the molecule is N#CCOc1nc(-c2ccccc2)nc2ccccc12. The molecular weight excluding hydrogens is 250 g/mol. The molecular formula is C16H11N3O. The van der Waals surface area contributed by atoms with Gasteiger partial charge in [0.2, 0.25) is 5.88 Å². The summed E-state index contributed by atoms with van der Waals surface area (Å²) in [5.74, 6) is 1.04. The molecule has 0 atom stereocenters. The van der Waals surface area contributed by atoms with Crippen LogP contribution < -0.4 is 4.74 Å². The monoisotopic (exact) mass is 261 g/mol. The van der Waals surface area contributed by atoms with Crippen LogP contribution >= 0.6 is 0 Å². The molecule has 3 aromatic rings. The van der Waals surface area contributed by atoms with Crippen molar-refractivity contribution >= 4 is 10.9 Å². The van der Waals surface area contributed by atoms with Crippen LogP contribution in [0.3, 0.4) is 0 Å². The number of nitriles is 1. The van der Waals surface area contributed by atoms with Crippen molar-refractivity contribution in [2.24, 2.45) is 0 Å². The van der Waals surface area contributed by atoms with E-state index in [9.17, 15) is 0 Å². The molecule has 96 valence electrons. The molecule has 0 saturated carbocycles. The van der Waals surface area contributed by atoms with Gasteiger partial charge in [0.05, 0.1) is 10.9 Å². The maximum atomic E-state index is 8.67. The summed E-state index contributed by atoms with van der Waals surface area (Å²) < 4.78 is 5.42. The summed E-state index contributed by atoms with van der Waals surface area (Å²) in [7, 11) is 0. The van der Waals surface area contributed by atoms with E-state index in [1.165, 1.54) is 0 Å². The van der Waals surface area contributed by atoms with Crippen molar-refractivity contribution < 1.29 is 4.74 Å². The molecule has 0 unspecified atom stereocenters. The van der Waals surface area contributed by atoms with Gasteiger partial charge in [-0.2, -0.15) is 10.2 Å². The second-order valence-electron chi connectivity index (χ2n) is 4.18. The lowest BCUT2D eigenvalue weighted by molar-refractivity contribution is 0.358. The molecule has 2 aromatic carbocycles. The lowest BCUT2D eigenvalue weighted by Crippen LogP contribution is -2.00. The number of para-hydroxylation sites is 1. The summed E-state index contributed by atoms with van der Waals surface area (Å²) >= 11 is 0. The van der Waals surface area contributed by atoms with Gasteiger partial charge in [0.25, 0.3) is 0 Å². The molecule has 20 heavy (non-hydrogen) atoms. The lowest BCUT2D eigenvalue weighted by Gasteiger charge is -2.08. The average molecular weight is 261 g/mol. The van der Waals surface area contributed by atoms with Crippen LogP contribution in [-0.4, -0.2) is 16.6 Å². The van der Waals surface area contributed by atoms with Crippen molar-refractivity contribution in [2.45, 2.75) is 0 Å². The van der Waals surface area contributed by atoms with Crippen molar-refractivity contribution in [1.82, 2.24) is 9.97 Å². The molecule has 0 aliphatic heterocycles. The Kier molecular flexibility index (Phi) is 3.25. The standard InChI is InChI=1S/C16H11N3O/c17-10-11-20-16-13-8-4-5-9-14(13)18-15(19-16)12-6-2-1-3-7-12/h1-9H,11H2. The number of hydrogen-bond donors (Lipinski definition) is 0. The predicted octanol–water partition coefficient (Wildman–Crippen LogP) is 3.20. The van der Waals surface area contributed by atoms with Crippen molar-refractivity contribution in [1.29, 1.82) is 5.26 Å². The smallest absolute Gasteiger partial charge is 0.226 e. The number of nitrogens with zero attached hydrogens (tertiary/aromatic N) is 3. The molecule has 0 bridgehead atoms. The van der Waals surface area contributed by atoms with Crippen LogP contribution in [0.25, 0.3) is 22.3 Å². The first-order chi connectivity index (χ1) is 9.88. The Labute approximate surface area is 116 Å². The van der Waals surface area contributed by atoms with Crippen molar-refractivity contribution in [3.05, 3.63) is 54.6 Å². The van der Waals surface area contributed by atoms with E-state index in [4.69, 9.17) is 10.00 Å². The number of rotatable bonds is 3. The van der Waals surface area contributed by atoms with Crippen LogP contribution in [-0.2, 0) is 0 Å². The number of hydrogen-bond acceptors (Lipinski definition) is 4. The van der Waals surface area contributed by atoms with E-state index in [0.717, 1.165) is 16.5 Å². The Hall–Kier alpha value is -2.93. The van der Waals surface area contributed by atoms with Crippen LogP contribution in [0.4, 0.5) is 0 Å². The molecule has 0 fully saturated rings. The fourth-order valence-electron chi connectivity index (χ4n) is 1.97. The average Bonchev–Trinajstić information content (AvgIpc) is 2.53. The number of fused-ring (bicyclic) bond motifs is 1. The maximum Gasteiger partial charge on any atom is 0.226 e. The Morgan fingerprint density at radius 3 is 2.50 bits per heavy atom. The minimum Gasteiger partial charge on any atom is -0.462 e. The molecule has 0 amide bonds. The Morgan fingerprint density at radius 2 is 1.70 bits per heavy atom. The van der Waals surface area contributed by atoms with Gasteiger partial charge in [0, 0.05) is 5.56 Å². The molecule has 0 saturated heterocycles. The first-order valence-corrected chi connectivity index (χ1v) is 6.20. The molecule has 3 rings (SSSR count).